The van der Waals surface area contributed by atoms with E-state index in [9.17, 15) is 18.4 Å². The van der Waals surface area contributed by atoms with Crippen molar-refractivity contribution in [1.82, 2.24) is 19.8 Å². The lowest BCUT2D eigenvalue weighted by atomic mass is 9.84. The Labute approximate surface area is 202 Å². The second-order valence-corrected chi connectivity index (χ2v) is 10.6. The standard InChI is InChI=1S/C24H32F2N4O3S/c1-24(25,26)15-33-23-28-19-14-30(12-9-20(19)34-23)11-7-16-3-5-18(6-4-16)27-22(32)17-8-10-29(2)21(31)13-17/h8,10,13,16,18H,3-7,9,11-12,14-15H2,1-2H3,(H,27,32). The van der Waals surface area contributed by atoms with Gasteiger partial charge in [0.25, 0.3) is 22.6 Å². The predicted molar refractivity (Wildman–Crippen MR) is 127 cm³/mol. The lowest BCUT2D eigenvalue weighted by Gasteiger charge is -2.32. The van der Waals surface area contributed by atoms with Gasteiger partial charge in [-0.25, -0.2) is 13.8 Å². The van der Waals surface area contributed by atoms with Crippen molar-refractivity contribution in [1.29, 1.82) is 0 Å². The molecule has 0 bridgehead atoms. The molecule has 34 heavy (non-hydrogen) atoms. The smallest absolute Gasteiger partial charge is 0.278 e. The van der Waals surface area contributed by atoms with Crippen LogP contribution in [0.2, 0.25) is 0 Å². The van der Waals surface area contributed by atoms with Gasteiger partial charge in [0, 0.05) is 55.8 Å². The Morgan fingerprint density at radius 2 is 2.09 bits per heavy atom. The number of hydrogen-bond donors (Lipinski definition) is 1. The predicted octanol–water partition coefficient (Wildman–Crippen LogP) is 3.61. The number of nitrogens with zero attached hydrogens (tertiary/aromatic N) is 3. The van der Waals surface area contributed by atoms with Crippen molar-refractivity contribution in [2.24, 2.45) is 13.0 Å². The number of carbonyl (C=O) groups excluding carboxylic acids is 1. The molecule has 4 rings (SSSR count). The second-order valence-electron chi connectivity index (χ2n) is 9.58. The summed E-state index contributed by atoms with van der Waals surface area (Å²) in [5.41, 5.74) is 1.17. The van der Waals surface area contributed by atoms with Crippen LogP contribution in [0.1, 0.15) is 60.0 Å². The molecule has 1 amide bonds. The van der Waals surface area contributed by atoms with Gasteiger partial charge in [0.15, 0.2) is 6.61 Å². The number of pyridine rings is 1. The van der Waals surface area contributed by atoms with Gasteiger partial charge in [0.2, 0.25) is 0 Å². The summed E-state index contributed by atoms with van der Waals surface area (Å²) < 4.78 is 32.7. The second kappa shape index (κ2) is 10.5. The number of halogens is 2. The number of amides is 1. The van der Waals surface area contributed by atoms with Gasteiger partial charge in [-0.1, -0.05) is 11.3 Å². The molecule has 0 spiro atoms. The van der Waals surface area contributed by atoms with Crippen LogP contribution in [0.15, 0.2) is 23.1 Å². The van der Waals surface area contributed by atoms with E-state index in [4.69, 9.17) is 4.74 Å². The lowest BCUT2D eigenvalue weighted by molar-refractivity contribution is -0.0230. The molecule has 2 aromatic rings. The summed E-state index contributed by atoms with van der Waals surface area (Å²) in [7, 11) is 1.66. The Morgan fingerprint density at radius 1 is 1.32 bits per heavy atom. The first-order chi connectivity index (χ1) is 16.2. The zero-order chi connectivity index (χ0) is 24.3. The molecule has 3 heterocycles. The molecular weight excluding hydrogens is 462 g/mol. The molecule has 0 unspecified atom stereocenters. The van der Waals surface area contributed by atoms with Crippen molar-refractivity contribution in [3.63, 3.8) is 0 Å². The molecule has 0 saturated heterocycles. The maximum absolute atomic E-state index is 13.0. The number of aromatic nitrogens is 2. The highest BCUT2D eigenvalue weighted by atomic mass is 32.1. The summed E-state index contributed by atoms with van der Waals surface area (Å²) in [6.07, 6.45) is 7.61. The number of nitrogens with one attached hydrogen (secondary N) is 1. The molecule has 7 nitrogen and oxygen atoms in total. The third kappa shape index (κ3) is 6.63. The van der Waals surface area contributed by atoms with Crippen molar-refractivity contribution < 1.29 is 18.3 Å². The molecule has 0 radical (unpaired) electrons. The SMILES string of the molecule is Cn1ccc(C(=O)NC2CCC(CCN3CCc4sc(OCC(C)(F)F)nc4C3)CC2)cc1=O. The van der Waals surface area contributed by atoms with Crippen LogP contribution >= 0.6 is 11.3 Å². The Hall–Kier alpha value is -2.33. The normalized spacial score (nSPS) is 21.2. The minimum Gasteiger partial charge on any atom is -0.464 e. The molecule has 2 aliphatic rings. The highest BCUT2D eigenvalue weighted by Crippen LogP contribution is 2.32. The summed E-state index contributed by atoms with van der Waals surface area (Å²) in [6.45, 7) is 2.86. The molecule has 1 N–H and O–H groups in total. The quantitative estimate of drug-likeness (QED) is 0.607. The first kappa shape index (κ1) is 24.8. The summed E-state index contributed by atoms with van der Waals surface area (Å²) in [5.74, 6) is -2.42. The van der Waals surface area contributed by atoms with E-state index in [1.165, 1.54) is 22.0 Å². The summed E-state index contributed by atoms with van der Waals surface area (Å²) >= 11 is 1.38. The van der Waals surface area contributed by atoms with Gasteiger partial charge in [-0.05, 0) is 57.1 Å². The number of rotatable bonds is 8. The van der Waals surface area contributed by atoms with Gasteiger partial charge in [0.05, 0.1) is 5.69 Å². The fourth-order valence-corrected chi connectivity index (χ4v) is 5.50. The molecule has 1 fully saturated rings. The van der Waals surface area contributed by atoms with Crippen LogP contribution in [0.5, 0.6) is 5.19 Å². The van der Waals surface area contributed by atoms with Crippen LogP contribution in [0.4, 0.5) is 8.78 Å². The summed E-state index contributed by atoms with van der Waals surface area (Å²) in [6, 6.07) is 3.19. The van der Waals surface area contributed by atoms with Crippen molar-refractivity contribution in [2.45, 2.75) is 64.0 Å². The third-order valence-electron chi connectivity index (χ3n) is 6.64. The molecule has 1 aliphatic carbocycles. The van der Waals surface area contributed by atoms with E-state index < -0.39 is 12.5 Å². The van der Waals surface area contributed by atoms with E-state index in [0.29, 0.717) is 16.7 Å². The van der Waals surface area contributed by atoms with Crippen LogP contribution in [0.3, 0.4) is 0 Å². The fraction of sp³-hybridized carbons (Fsp3) is 0.625. The van der Waals surface area contributed by atoms with Crippen LogP contribution in [0.25, 0.3) is 0 Å². The zero-order valence-electron chi connectivity index (χ0n) is 19.7. The third-order valence-corrected chi connectivity index (χ3v) is 7.71. The van der Waals surface area contributed by atoms with Gasteiger partial charge in [-0.15, -0.1) is 0 Å². The number of hydrogen-bond acceptors (Lipinski definition) is 6. The Morgan fingerprint density at radius 3 is 2.79 bits per heavy atom. The highest BCUT2D eigenvalue weighted by molar-refractivity contribution is 7.13. The number of aryl methyl sites for hydroxylation is 1. The van der Waals surface area contributed by atoms with E-state index in [1.54, 1.807) is 19.3 Å². The molecule has 1 saturated carbocycles. The fourth-order valence-electron chi connectivity index (χ4n) is 4.59. The molecule has 2 aromatic heterocycles. The maximum atomic E-state index is 13.0. The molecule has 0 atom stereocenters. The lowest BCUT2D eigenvalue weighted by Crippen LogP contribution is -2.38. The topological polar surface area (TPSA) is 76.5 Å². The van der Waals surface area contributed by atoms with E-state index in [2.05, 4.69) is 15.2 Å². The van der Waals surface area contributed by atoms with Crippen LogP contribution in [-0.4, -0.2) is 52.0 Å². The van der Waals surface area contributed by atoms with Crippen molar-refractivity contribution in [2.75, 3.05) is 19.7 Å². The van der Waals surface area contributed by atoms with Crippen LogP contribution in [0, 0.1) is 5.92 Å². The van der Waals surface area contributed by atoms with Crippen LogP contribution in [-0.2, 0) is 20.0 Å². The largest absolute Gasteiger partial charge is 0.464 e. The van der Waals surface area contributed by atoms with Crippen LogP contribution < -0.4 is 15.6 Å². The first-order valence-electron chi connectivity index (χ1n) is 11.9. The van der Waals surface area contributed by atoms with E-state index in [1.807, 2.05) is 0 Å². The van der Waals surface area contributed by atoms with Gasteiger partial charge in [-0.3, -0.25) is 14.5 Å². The molecule has 0 aromatic carbocycles. The first-order valence-corrected chi connectivity index (χ1v) is 12.7. The minimum atomic E-state index is -2.86. The van der Waals surface area contributed by atoms with Gasteiger partial charge in [0.1, 0.15) is 0 Å². The van der Waals surface area contributed by atoms with Crippen molar-refractivity contribution in [3.8, 4) is 5.19 Å². The average molecular weight is 495 g/mol. The highest BCUT2D eigenvalue weighted by Gasteiger charge is 2.27. The number of carbonyl (C=O) groups is 1. The molecule has 10 heteroatoms. The summed E-state index contributed by atoms with van der Waals surface area (Å²) in [5, 5.41) is 3.41. The minimum absolute atomic E-state index is 0.147. The number of thiazole rings is 1. The molecule has 1 aliphatic heterocycles. The average Bonchev–Trinajstić information content (AvgIpc) is 3.21. The number of ether oxygens (including phenoxy) is 1. The van der Waals surface area contributed by atoms with Crippen molar-refractivity contribution >= 4 is 17.2 Å². The molecule has 186 valence electrons. The number of fused-ring (bicyclic) bond motifs is 1. The van der Waals surface area contributed by atoms with E-state index in [-0.39, 0.29) is 17.5 Å². The van der Waals surface area contributed by atoms with Gasteiger partial charge < -0.3 is 14.6 Å². The maximum Gasteiger partial charge on any atom is 0.278 e. The van der Waals surface area contributed by atoms with E-state index >= 15 is 0 Å². The van der Waals surface area contributed by atoms with Crippen molar-refractivity contribution in [3.05, 3.63) is 44.8 Å². The Kier molecular flexibility index (Phi) is 7.67. The number of alkyl halides is 2. The Balaban J connectivity index is 1.18. The molecular formula is C24H32F2N4O3S. The van der Waals surface area contributed by atoms with Gasteiger partial charge in [-0.2, -0.15) is 0 Å². The Bertz CT molecular complexity index is 1060. The monoisotopic (exact) mass is 494 g/mol. The van der Waals surface area contributed by atoms with Gasteiger partial charge >= 0.3 is 0 Å². The van der Waals surface area contributed by atoms with E-state index in [0.717, 1.165) is 75.7 Å². The zero-order valence-corrected chi connectivity index (χ0v) is 20.5. The summed E-state index contributed by atoms with van der Waals surface area (Å²) in [4.78, 5) is 32.2.